The zero-order valence-electron chi connectivity index (χ0n) is 4.00. The topological polar surface area (TPSA) is 40.9 Å². The molecule has 0 unspecified atom stereocenters. The first-order chi connectivity index (χ1) is 3.43. The second kappa shape index (κ2) is 11.1. The van der Waals surface area contributed by atoms with Gasteiger partial charge in [0.15, 0.2) is 0 Å². The number of carbonyl (C=O) groups excluding carboxylic acids is 1. The summed E-state index contributed by atoms with van der Waals surface area (Å²) in [5.41, 5.74) is 0. The standard InChI is InChI=1S/C4H6O.CHN.BH3.Na.H/c5-3-4-1-2-4;1-2;;;/h3-4H,1-2H2;1H;1H3;;. The molecule has 0 radical (unpaired) electrons. The van der Waals surface area contributed by atoms with Gasteiger partial charge in [-0.1, -0.05) is 0 Å². The van der Waals surface area contributed by atoms with Crippen LogP contribution in [0.4, 0.5) is 0 Å². The van der Waals surface area contributed by atoms with Gasteiger partial charge >= 0.3 is 29.6 Å². The molecule has 0 bridgehead atoms. The van der Waals surface area contributed by atoms with E-state index in [2.05, 4.69) is 6.57 Å². The summed E-state index contributed by atoms with van der Waals surface area (Å²) in [6.45, 7) is 3.50. The van der Waals surface area contributed by atoms with Crippen molar-refractivity contribution in [1.82, 2.24) is 0 Å². The molecule has 0 heterocycles. The van der Waals surface area contributed by atoms with Crippen molar-refractivity contribution in [3.63, 3.8) is 0 Å². The fourth-order valence-electron chi connectivity index (χ4n) is 0.232. The quantitative estimate of drug-likeness (QED) is 0.338. The number of aldehydes is 1. The van der Waals surface area contributed by atoms with Crippen molar-refractivity contribution in [3.05, 3.63) is 0 Å². The summed E-state index contributed by atoms with van der Waals surface area (Å²) in [6, 6.07) is 0. The minimum absolute atomic E-state index is 0. The zero-order chi connectivity index (χ0) is 5.70. The van der Waals surface area contributed by atoms with Crippen LogP contribution < -0.4 is 0 Å². The molecular formula is C5H11BNNaO. The molecule has 0 aliphatic heterocycles. The Balaban J connectivity index is -0.0000000836. The van der Waals surface area contributed by atoms with Crippen LogP contribution in [0.5, 0.6) is 0 Å². The predicted molar refractivity (Wildman–Crippen MR) is 42.5 cm³/mol. The number of nitriles is 1. The molecule has 0 amide bonds. The molecule has 0 saturated heterocycles. The first-order valence-electron chi connectivity index (χ1n) is 2.14. The molecule has 0 aromatic heterocycles. The van der Waals surface area contributed by atoms with E-state index in [1.807, 2.05) is 0 Å². The molecule has 0 spiro atoms. The van der Waals surface area contributed by atoms with Gasteiger partial charge in [0.2, 0.25) is 0 Å². The third-order valence-electron chi connectivity index (χ3n) is 0.814. The SMILES string of the molecule is B.C#N.O=CC1CC1.[NaH]. The Morgan fingerprint density at radius 3 is 1.78 bits per heavy atom. The van der Waals surface area contributed by atoms with E-state index in [0.717, 1.165) is 19.1 Å². The van der Waals surface area contributed by atoms with Gasteiger partial charge in [0.25, 0.3) is 0 Å². The van der Waals surface area contributed by atoms with Crippen molar-refractivity contribution in [2.45, 2.75) is 12.8 Å². The molecule has 1 saturated carbocycles. The number of hydrogen-bond acceptors (Lipinski definition) is 2. The monoisotopic (exact) mass is 135 g/mol. The molecule has 46 valence electrons. The zero-order valence-corrected chi connectivity index (χ0v) is 4.00. The molecule has 0 atom stereocenters. The third-order valence-corrected chi connectivity index (χ3v) is 0.814. The van der Waals surface area contributed by atoms with Crippen LogP contribution in [0.15, 0.2) is 0 Å². The second-order valence-corrected chi connectivity index (χ2v) is 1.47. The van der Waals surface area contributed by atoms with E-state index in [-0.39, 0.29) is 38.0 Å². The van der Waals surface area contributed by atoms with E-state index in [9.17, 15) is 4.79 Å². The maximum absolute atomic E-state index is 9.57. The van der Waals surface area contributed by atoms with Gasteiger partial charge in [-0.25, -0.2) is 5.26 Å². The summed E-state index contributed by atoms with van der Waals surface area (Å²) in [6.07, 6.45) is 3.31. The first-order valence-corrected chi connectivity index (χ1v) is 2.14. The number of rotatable bonds is 1. The van der Waals surface area contributed by atoms with Crippen molar-refractivity contribution in [3.8, 4) is 6.57 Å². The number of carbonyl (C=O) groups is 1. The Morgan fingerprint density at radius 1 is 1.44 bits per heavy atom. The fourth-order valence-corrected chi connectivity index (χ4v) is 0.232. The molecule has 9 heavy (non-hydrogen) atoms. The Kier molecular flexibility index (Phi) is 19.8. The molecule has 1 aliphatic carbocycles. The maximum atomic E-state index is 9.57. The van der Waals surface area contributed by atoms with Gasteiger partial charge in [0.1, 0.15) is 6.29 Å². The average molecular weight is 135 g/mol. The summed E-state index contributed by atoms with van der Waals surface area (Å²) >= 11 is 0. The van der Waals surface area contributed by atoms with Crippen LogP contribution >= 0.6 is 0 Å². The number of hydrogen-bond donors (Lipinski definition) is 0. The average Bonchev–Trinajstić information content (AvgIpc) is 2.52. The molecule has 1 rings (SSSR count). The third kappa shape index (κ3) is 11.7. The van der Waals surface area contributed by atoms with Crippen molar-refractivity contribution >= 4 is 44.3 Å². The number of nitrogens with zero attached hydrogens (tertiary/aromatic N) is 1. The Morgan fingerprint density at radius 2 is 1.78 bits per heavy atom. The minimum atomic E-state index is 0. The van der Waals surface area contributed by atoms with E-state index in [0.29, 0.717) is 5.92 Å². The molecule has 2 nitrogen and oxygen atoms in total. The van der Waals surface area contributed by atoms with Crippen LogP contribution in [0.2, 0.25) is 0 Å². The molecule has 0 aromatic rings. The van der Waals surface area contributed by atoms with Gasteiger partial charge in [-0.2, -0.15) is 0 Å². The molecule has 0 aromatic carbocycles. The van der Waals surface area contributed by atoms with Crippen molar-refractivity contribution < 1.29 is 4.79 Å². The van der Waals surface area contributed by atoms with E-state index in [1.165, 1.54) is 0 Å². The van der Waals surface area contributed by atoms with Crippen LogP contribution in [0.3, 0.4) is 0 Å². The Labute approximate surface area is 79.5 Å². The van der Waals surface area contributed by atoms with E-state index in [1.54, 1.807) is 0 Å². The molecule has 0 N–H and O–H groups in total. The van der Waals surface area contributed by atoms with Crippen LogP contribution in [0, 0.1) is 17.8 Å². The first kappa shape index (κ1) is 16.1. The molecular weight excluding hydrogens is 124 g/mol. The normalized spacial score (nSPS) is 12.7. The Bertz CT molecular complexity index is 82.3. The van der Waals surface area contributed by atoms with Crippen LogP contribution in [-0.2, 0) is 4.79 Å². The van der Waals surface area contributed by atoms with Crippen molar-refractivity contribution in [2.24, 2.45) is 5.92 Å². The molecule has 4 heteroatoms. The van der Waals surface area contributed by atoms with Gasteiger partial charge in [-0.05, 0) is 12.8 Å². The summed E-state index contributed by atoms with van der Waals surface area (Å²) in [5, 5.41) is 6.50. The van der Waals surface area contributed by atoms with Crippen LogP contribution in [-0.4, -0.2) is 44.3 Å². The van der Waals surface area contributed by atoms with Crippen molar-refractivity contribution in [2.75, 3.05) is 0 Å². The van der Waals surface area contributed by atoms with Gasteiger partial charge in [0, 0.05) is 12.5 Å². The van der Waals surface area contributed by atoms with Crippen molar-refractivity contribution in [1.29, 1.82) is 5.26 Å². The van der Waals surface area contributed by atoms with Crippen LogP contribution in [0.25, 0.3) is 0 Å². The van der Waals surface area contributed by atoms with E-state index < -0.39 is 0 Å². The van der Waals surface area contributed by atoms with Gasteiger partial charge < -0.3 is 4.79 Å². The van der Waals surface area contributed by atoms with Gasteiger partial charge in [-0.15, -0.1) is 0 Å². The summed E-state index contributed by atoms with van der Waals surface area (Å²) < 4.78 is 0. The molecule has 1 fully saturated rings. The van der Waals surface area contributed by atoms with E-state index >= 15 is 0 Å². The Hall–Kier alpha value is 0.225. The fraction of sp³-hybridized carbons (Fsp3) is 0.600. The summed E-state index contributed by atoms with van der Waals surface area (Å²) in [4.78, 5) is 9.57. The van der Waals surface area contributed by atoms with Gasteiger partial charge in [0.05, 0.1) is 8.41 Å². The summed E-state index contributed by atoms with van der Waals surface area (Å²) in [7, 11) is 0. The second-order valence-electron chi connectivity index (χ2n) is 1.47. The van der Waals surface area contributed by atoms with Gasteiger partial charge in [-0.3, -0.25) is 0 Å². The van der Waals surface area contributed by atoms with Crippen LogP contribution in [0.1, 0.15) is 12.8 Å². The van der Waals surface area contributed by atoms with E-state index in [4.69, 9.17) is 5.26 Å². The molecule has 1 aliphatic rings. The summed E-state index contributed by atoms with van der Waals surface area (Å²) in [5.74, 6) is 0.454. The predicted octanol–water partition coefficient (Wildman–Crippen LogP) is -1.10.